The molecule has 0 aromatic rings. The number of allylic oxidation sites excluding steroid dienone is 6. The Morgan fingerprint density at radius 2 is 0.811 bits per heavy atom. The van der Waals surface area contributed by atoms with Gasteiger partial charge in [-0.2, -0.15) is 0 Å². The van der Waals surface area contributed by atoms with E-state index in [2.05, 4.69) is 25.3 Å². The number of hydrogen-bond donors (Lipinski definition) is 2. The zero-order valence-electron chi connectivity index (χ0n) is 24.9. The second-order valence-corrected chi connectivity index (χ2v) is 10.1. The molecule has 0 aliphatic heterocycles. The van der Waals surface area contributed by atoms with Crippen LogP contribution in [0.15, 0.2) is 49.6 Å². The first-order chi connectivity index (χ1) is 17.5. The van der Waals surface area contributed by atoms with E-state index in [1.807, 2.05) is 12.2 Å². The smallest absolute Gasteiger partial charge is 1.00 e. The minimum Gasteiger partial charge on any atom is -1.00 e. The van der Waals surface area contributed by atoms with Gasteiger partial charge in [0.2, 0.25) is 0 Å². The third-order valence-electron chi connectivity index (χ3n) is 6.94. The molecule has 2 N–H and O–H groups in total. The van der Waals surface area contributed by atoms with Crippen molar-refractivity contribution >= 4 is 11.9 Å². The Hall–Kier alpha value is -0.464. The molecule has 37 heavy (non-hydrogen) atoms. The van der Waals surface area contributed by atoms with Gasteiger partial charge in [-0.05, 0) is 51.4 Å². The monoisotopic (exact) mass is 542 g/mol. The quantitative estimate of drug-likeness (QED) is 0.0681. The summed E-state index contributed by atoms with van der Waals surface area (Å²) in [6, 6.07) is 0. The Labute approximate surface area is 272 Å². The van der Waals surface area contributed by atoms with Crippen LogP contribution in [0.5, 0.6) is 0 Å². The molecule has 0 rings (SSSR count). The molecule has 0 aromatic carbocycles. The average molecular weight is 543 g/mol. The van der Waals surface area contributed by atoms with Crippen molar-refractivity contribution in [3.05, 3.63) is 49.6 Å². The number of carboxylic acids is 2. The van der Waals surface area contributed by atoms with Gasteiger partial charge in [0.05, 0.1) is 11.8 Å². The van der Waals surface area contributed by atoms with Crippen molar-refractivity contribution < 1.29 is 72.6 Å². The van der Waals surface area contributed by atoms with Crippen LogP contribution in [0.4, 0.5) is 0 Å². The maximum atomic E-state index is 11.6. The molecule has 0 fully saturated rings. The molecule has 0 aromatic heterocycles. The molecule has 0 amide bonds. The van der Waals surface area contributed by atoms with Gasteiger partial charge in [-0.25, -0.2) is 0 Å². The fraction of sp³-hybridized carbons (Fsp3) is 0.688. The minimum atomic E-state index is -0.663. The molecule has 0 heterocycles. The summed E-state index contributed by atoms with van der Waals surface area (Å²) in [5.41, 5.74) is 0. The average Bonchev–Trinajstić information content (AvgIpc) is 2.85. The first kappa shape index (κ1) is 38.7. The summed E-state index contributed by atoms with van der Waals surface area (Å²) in [5.74, 6) is -1.79. The number of carbonyl (C=O) groups is 2. The largest absolute Gasteiger partial charge is 1.00 e. The molecule has 0 saturated heterocycles. The zero-order chi connectivity index (χ0) is 26.7. The Morgan fingerprint density at radius 1 is 0.541 bits per heavy atom. The van der Waals surface area contributed by atoms with Crippen molar-refractivity contribution in [1.82, 2.24) is 0 Å². The van der Waals surface area contributed by atoms with Gasteiger partial charge in [-0.15, -0.1) is 0 Å². The molecule has 0 bridgehead atoms. The predicted octanol–water partition coefficient (Wildman–Crippen LogP) is 6.79. The zero-order valence-corrected chi connectivity index (χ0v) is 27.0. The van der Waals surface area contributed by atoms with Gasteiger partial charge in [0.15, 0.2) is 0 Å². The molecule has 4 nitrogen and oxygen atoms in total. The van der Waals surface area contributed by atoms with Crippen molar-refractivity contribution in [2.75, 3.05) is 0 Å². The van der Waals surface area contributed by atoms with Gasteiger partial charge in [-0.1, -0.05) is 127 Å². The van der Waals surface area contributed by atoms with E-state index in [-0.39, 0.29) is 64.6 Å². The summed E-state index contributed by atoms with van der Waals surface area (Å²) < 4.78 is 0. The number of rotatable bonds is 27. The van der Waals surface area contributed by atoms with Crippen LogP contribution in [0.2, 0.25) is 0 Å². The number of carboxylic acid groups (broad SMARTS) is 2. The molecule has 0 spiro atoms. The van der Waals surface area contributed by atoms with Gasteiger partial charge >= 0.3 is 63.3 Å². The summed E-state index contributed by atoms with van der Waals surface area (Å²) in [6.45, 7) is 7.33. The molecule has 0 radical (unpaired) electrons. The van der Waals surface area contributed by atoms with Crippen molar-refractivity contribution in [2.24, 2.45) is 11.8 Å². The van der Waals surface area contributed by atoms with Crippen LogP contribution in [0, 0.1) is 11.8 Å². The van der Waals surface area contributed by atoms with E-state index in [1.165, 1.54) is 38.5 Å². The molecular formula is C32H55KO4. The third kappa shape index (κ3) is 26.9. The normalized spacial score (nSPS) is 12.9. The van der Waals surface area contributed by atoms with E-state index in [0.717, 1.165) is 89.9 Å². The summed E-state index contributed by atoms with van der Waals surface area (Å²) in [6.07, 6.45) is 32.2. The van der Waals surface area contributed by atoms with Gasteiger partial charge in [0.25, 0.3) is 0 Å². The number of unbranched alkanes of at least 4 members (excludes halogenated alkanes) is 13. The van der Waals surface area contributed by atoms with Crippen LogP contribution in [0.3, 0.4) is 0 Å². The molecule has 208 valence electrons. The van der Waals surface area contributed by atoms with E-state index in [9.17, 15) is 19.8 Å². The van der Waals surface area contributed by atoms with Crippen molar-refractivity contribution in [1.29, 1.82) is 0 Å². The summed E-state index contributed by atoms with van der Waals surface area (Å²) >= 11 is 0. The van der Waals surface area contributed by atoms with Gasteiger partial charge < -0.3 is 11.6 Å². The fourth-order valence-corrected chi connectivity index (χ4v) is 4.67. The SMILES string of the molecule is C=C/C=C/CCCCCCCC(CCCCCCC(CCCCCCC/C=C/C=C)C(=O)O)C(=O)O.[H-].[K+]. The summed E-state index contributed by atoms with van der Waals surface area (Å²) in [4.78, 5) is 23.2. The Morgan fingerprint density at radius 3 is 1.08 bits per heavy atom. The maximum Gasteiger partial charge on any atom is 1.00 e. The van der Waals surface area contributed by atoms with Crippen LogP contribution >= 0.6 is 0 Å². The van der Waals surface area contributed by atoms with Crippen molar-refractivity contribution in [2.45, 2.75) is 128 Å². The van der Waals surface area contributed by atoms with Gasteiger partial charge in [0.1, 0.15) is 0 Å². The summed E-state index contributed by atoms with van der Waals surface area (Å²) in [7, 11) is 0. The maximum absolute atomic E-state index is 11.6. The molecule has 2 atom stereocenters. The van der Waals surface area contributed by atoms with Crippen molar-refractivity contribution in [3.8, 4) is 0 Å². The van der Waals surface area contributed by atoms with Gasteiger partial charge in [0, 0.05) is 0 Å². The third-order valence-corrected chi connectivity index (χ3v) is 6.94. The second-order valence-electron chi connectivity index (χ2n) is 10.1. The minimum absolute atomic E-state index is 0. The Kier molecular flexibility index (Phi) is 31.5. The van der Waals surface area contributed by atoms with E-state index in [4.69, 9.17) is 0 Å². The summed E-state index contributed by atoms with van der Waals surface area (Å²) in [5, 5.41) is 19.1. The van der Waals surface area contributed by atoms with Gasteiger partial charge in [-0.3, -0.25) is 9.59 Å². The first-order valence-electron chi connectivity index (χ1n) is 14.5. The van der Waals surface area contributed by atoms with Crippen LogP contribution in [-0.4, -0.2) is 22.2 Å². The Balaban J connectivity index is -0.00000612. The number of aliphatic carboxylic acids is 2. The number of hydrogen-bond acceptors (Lipinski definition) is 2. The van der Waals surface area contributed by atoms with Crippen molar-refractivity contribution in [3.63, 3.8) is 0 Å². The standard InChI is InChI=1S/C32H54O4.K.H/c1-3-5-7-9-11-13-15-17-21-25-29(31(33)34)27-23-19-20-24-28-30(32(35)36)26-22-18-16-14-12-10-8-6-4-2;;/h3-8,29-30H,1-2,9-28H2,(H,33,34)(H,35,36);;/q;+1;-1/b7-5+,8-6+;;. The van der Waals surface area contributed by atoms with Crippen LogP contribution in [0.25, 0.3) is 0 Å². The second kappa shape index (κ2) is 30.1. The molecule has 0 saturated carbocycles. The molecular weight excluding hydrogens is 487 g/mol. The first-order valence-corrected chi connectivity index (χ1v) is 14.5. The van der Waals surface area contributed by atoms with E-state index < -0.39 is 11.9 Å². The van der Waals surface area contributed by atoms with E-state index >= 15 is 0 Å². The molecule has 0 aliphatic carbocycles. The molecule has 0 aliphatic rings. The topological polar surface area (TPSA) is 74.6 Å². The van der Waals surface area contributed by atoms with E-state index in [0.29, 0.717) is 0 Å². The molecule has 5 heteroatoms. The van der Waals surface area contributed by atoms with E-state index in [1.54, 1.807) is 12.2 Å². The predicted molar refractivity (Wildman–Crippen MR) is 154 cm³/mol. The molecule has 2 unspecified atom stereocenters. The fourth-order valence-electron chi connectivity index (χ4n) is 4.67. The van der Waals surface area contributed by atoms with Crippen LogP contribution in [-0.2, 0) is 9.59 Å². The van der Waals surface area contributed by atoms with Crippen LogP contribution < -0.4 is 51.4 Å². The Bertz CT molecular complexity index is 579. The van der Waals surface area contributed by atoms with Crippen LogP contribution in [0.1, 0.15) is 130 Å².